The van der Waals surface area contributed by atoms with Gasteiger partial charge in [0.05, 0.1) is 14.7 Å². The second kappa shape index (κ2) is 8.84. The lowest BCUT2D eigenvalue weighted by Crippen LogP contribution is -2.20. The van der Waals surface area contributed by atoms with E-state index in [1.807, 2.05) is 6.07 Å². The van der Waals surface area contributed by atoms with Gasteiger partial charge in [0.25, 0.3) is 5.91 Å². The number of thiazole rings is 1. The Kier molecular flexibility index (Phi) is 6.51. The number of carbonyl (C=O) groups is 1. The highest BCUT2D eigenvalue weighted by Crippen LogP contribution is 2.29. The van der Waals surface area contributed by atoms with Gasteiger partial charge in [0, 0.05) is 5.02 Å². The molecule has 0 aliphatic carbocycles. The predicted molar refractivity (Wildman–Crippen MR) is 112 cm³/mol. The zero-order chi connectivity index (χ0) is 18.5. The van der Waals surface area contributed by atoms with Crippen LogP contribution < -0.4 is 10.1 Å². The van der Waals surface area contributed by atoms with Gasteiger partial charge in [0.1, 0.15) is 5.75 Å². The summed E-state index contributed by atoms with van der Waals surface area (Å²) in [6.45, 7) is 2.08. The number of aromatic nitrogens is 1. The number of benzene rings is 2. The molecule has 0 spiro atoms. The third kappa shape index (κ3) is 4.96. The molecule has 4 nitrogen and oxygen atoms in total. The maximum atomic E-state index is 12.1. The van der Waals surface area contributed by atoms with Crippen LogP contribution in [0.2, 0.25) is 5.02 Å². The summed E-state index contributed by atoms with van der Waals surface area (Å²) in [5.74, 6) is 0.312. The van der Waals surface area contributed by atoms with Gasteiger partial charge >= 0.3 is 0 Å². The highest BCUT2D eigenvalue weighted by atomic mass is 79.9. The summed E-state index contributed by atoms with van der Waals surface area (Å²) < 4.78 is 7.31. The minimum absolute atomic E-state index is 0.0993. The summed E-state index contributed by atoms with van der Waals surface area (Å²) in [7, 11) is 0. The SMILES string of the molecule is CCCCc1ccc2nc(NC(=O)COc3ccc(Cl)cc3Br)sc2c1. The number of rotatable bonds is 7. The number of anilines is 1. The number of nitrogens with one attached hydrogen (secondary N) is 1. The summed E-state index contributed by atoms with van der Waals surface area (Å²) in [6.07, 6.45) is 3.41. The lowest BCUT2D eigenvalue weighted by molar-refractivity contribution is -0.118. The lowest BCUT2D eigenvalue weighted by atomic mass is 10.1. The van der Waals surface area contributed by atoms with Crippen molar-refractivity contribution in [2.45, 2.75) is 26.2 Å². The summed E-state index contributed by atoms with van der Waals surface area (Å²) in [4.78, 5) is 16.6. The van der Waals surface area contributed by atoms with Gasteiger partial charge in [0.2, 0.25) is 0 Å². The number of carbonyl (C=O) groups excluding carboxylic acids is 1. The Balaban J connectivity index is 1.61. The maximum absolute atomic E-state index is 12.1. The molecule has 0 unspecified atom stereocenters. The van der Waals surface area contributed by atoms with E-state index < -0.39 is 0 Å². The van der Waals surface area contributed by atoms with E-state index in [1.54, 1.807) is 18.2 Å². The second-order valence-corrected chi connectivity index (χ2v) is 8.16. The molecule has 3 rings (SSSR count). The molecule has 1 heterocycles. The van der Waals surface area contributed by atoms with Crippen molar-refractivity contribution in [1.29, 1.82) is 0 Å². The molecule has 1 aromatic heterocycles. The number of amides is 1. The van der Waals surface area contributed by atoms with Crippen LogP contribution in [0.4, 0.5) is 5.13 Å². The minimum Gasteiger partial charge on any atom is -0.483 e. The Labute approximate surface area is 169 Å². The van der Waals surface area contributed by atoms with Crippen molar-refractivity contribution in [3.8, 4) is 5.75 Å². The standard InChI is InChI=1S/C19H18BrClN2O2S/c1-2-3-4-12-5-7-15-17(9-12)26-19(22-15)23-18(24)11-25-16-8-6-13(21)10-14(16)20/h5-10H,2-4,11H2,1H3,(H,22,23,24). The van der Waals surface area contributed by atoms with Crippen LogP contribution in [0.15, 0.2) is 40.9 Å². The average molecular weight is 454 g/mol. The first-order valence-electron chi connectivity index (χ1n) is 8.32. The first-order chi connectivity index (χ1) is 12.5. The van der Waals surface area contributed by atoms with Crippen molar-refractivity contribution in [2.24, 2.45) is 0 Å². The summed E-state index contributed by atoms with van der Waals surface area (Å²) in [6, 6.07) is 11.4. The van der Waals surface area contributed by atoms with Crippen molar-refractivity contribution in [3.63, 3.8) is 0 Å². The van der Waals surface area contributed by atoms with Gasteiger partial charge < -0.3 is 4.74 Å². The van der Waals surface area contributed by atoms with E-state index in [1.165, 1.54) is 29.7 Å². The van der Waals surface area contributed by atoms with E-state index in [4.69, 9.17) is 16.3 Å². The number of nitrogens with zero attached hydrogens (tertiary/aromatic N) is 1. The quantitative estimate of drug-likeness (QED) is 0.472. The van der Waals surface area contributed by atoms with Crippen LogP contribution in [-0.2, 0) is 11.2 Å². The molecule has 0 saturated heterocycles. The Hall–Kier alpha value is -1.63. The molecule has 3 aromatic rings. The fourth-order valence-electron chi connectivity index (χ4n) is 2.45. The Morgan fingerprint density at radius 1 is 1.31 bits per heavy atom. The van der Waals surface area contributed by atoms with Crippen LogP contribution in [0.1, 0.15) is 25.3 Å². The van der Waals surface area contributed by atoms with E-state index in [0.29, 0.717) is 20.4 Å². The number of halogens is 2. The number of hydrogen-bond donors (Lipinski definition) is 1. The van der Waals surface area contributed by atoms with E-state index in [9.17, 15) is 4.79 Å². The highest BCUT2D eigenvalue weighted by Gasteiger charge is 2.10. The largest absolute Gasteiger partial charge is 0.483 e. The summed E-state index contributed by atoms with van der Waals surface area (Å²) in [5.41, 5.74) is 2.20. The van der Waals surface area contributed by atoms with Crippen LogP contribution in [0, 0.1) is 0 Å². The monoisotopic (exact) mass is 452 g/mol. The van der Waals surface area contributed by atoms with Gasteiger partial charge in [0.15, 0.2) is 11.7 Å². The Morgan fingerprint density at radius 3 is 2.92 bits per heavy atom. The summed E-state index contributed by atoms with van der Waals surface area (Å²) in [5, 5.41) is 3.98. The smallest absolute Gasteiger partial charge is 0.264 e. The molecule has 7 heteroatoms. The zero-order valence-electron chi connectivity index (χ0n) is 14.2. The predicted octanol–water partition coefficient (Wildman–Crippen LogP) is 6.07. The molecule has 0 bridgehead atoms. The number of ether oxygens (including phenoxy) is 1. The van der Waals surface area contributed by atoms with Gasteiger partial charge in [-0.2, -0.15) is 0 Å². The van der Waals surface area contributed by atoms with Gasteiger partial charge in [-0.15, -0.1) is 0 Å². The Morgan fingerprint density at radius 2 is 2.15 bits per heavy atom. The topological polar surface area (TPSA) is 51.2 Å². The van der Waals surface area contributed by atoms with E-state index in [2.05, 4.69) is 45.3 Å². The van der Waals surface area contributed by atoms with Crippen LogP contribution in [0.5, 0.6) is 5.75 Å². The minimum atomic E-state index is -0.253. The number of unbranched alkanes of at least 4 members (excludes halogenated alkanes) is 1. The zero-order valence-corrected chi connectivity index (χ0v) is 17.4. The highest BCUT2D eigenvalue weighted by molar-refractivity contribution is 9.10. The molecule has 2 aromatic carbocycles. The van der Waals surface area contributed by atoms with Crippen LogP contribution in [0.3, 0.4) is 0 Å². The number of fused-ring (bicyclic) bond motifs is 1. The van der Waals surface area contributed by atoms with Gasteiger partial charge in [-0.1, -0.05) is 42.3 Å². The van der Waals surface area contributed by atoms with E-state index in [-0.39, 0.29) is 12.5 Å². The normalized spacial score (nSPS) is 10.9. The molecule has 26 heavy (non-hydrogen) atoms. The lowest BCUT2D eigenvalue weighted by Gasteiger charge is -2.07. The first-order valence-corrected chi connectivity index (χ1v) is 10.3. The van der Waals surface area contributed by atoms with Crippen LogP contribution in [-0.4, -0.2) is 17.5 Å². The molecule has 0 aliphatic rings. The molecule has 136 valence electrons. The average Bonchev–Trinajstić information content (AvgIpc) is 3.00. The van der Waals surface area contributed by atoms with Crippen molar-refractivity contribution < 1.29 is 9.53 Å². The molecule has 0 saturated carbocycles. The molecule has 0 atom stereocenters. The van der Waals surface area contributed by atoms with Gasteiger partial charge in [-0.25, -0.2) is 4.98 Å². The van der Waals surface area contributed by atoms with Crippen molar-refractivity contribution >= 4 is 60.1 Å². The van der Waals surface area contributed by atoms with Gasteiger partial charge in [-0.3, -0.25) is 10.1 Å². The van der Waals surface area contributed by atoms with Crippen LogP contribution in [0.25, 0.3) is 10.2 Å². The third-order valence-electron chi connectivity index (χ3n) is 3.77. The van der Waals surface area contributed by atoms with E-state index >= 15 is 0 Å². The molecular formula is C19H18BrClN2O2S. The third-order valence-corrected chi connectivity index (χ3v) is 5.56. The second-order valence-electron chi connectivity index (χ2n) is 5.84. The fraction of sp³-hybridized carbons (Fsp3) is 0.263. The molecule has 0 fully saturated rings. The number of hydrogen-bond acceptors (Lipinski definition) is 4. The first kappa shape index (κ1) is 19.1. The van der Waals surface area contributed by atoms with Gasteiger partial charge in [-0.05, 0) is 64.7 Å². The molecule has 1 N–H and O–H groups in total. The summed E-state index contributed by atoms with van der Waals surface area (Å²) >= 11 is 10.7. The Bertz CT molecular complexity index is 929. The van der Waals surface area contributed by atoms with Crippen LogP contribution >= 0.6 is 38.9 Å². The molecule has 0 radical (unpaired) electrons. The number of aryl methyl sites for hydroxylation is 1. The van der Waals surface area contributed by atoms with E-state index in [0.717, 1.165) is 16.6 Å². The molecule has 0 aliphatic heterocycles. The molecular weight excluding hydrogens is 436 g/mol. The van der Waals surface area contributed by atoms with Crippen molar-refractivity contribution in [3.05, 3.63) is 51.5 Å². The van der Waals surface area contributed by atoms with Crippen molar-refractivity contribution in [1.82, 2.24) is 4.98 Å². The maximum Gasteiger partial charge on any atom is 0.264 e. The van der Waals surface area contributed by atoms with Crippen molar-refractivity contribution in [2.75, 3.05) is 11.9 Å². The fourth-order valence-corrected chi connectivity index (χ4v) is 4.19. The molecule has 1 amide bonds.